The zero-order valence-electron chi connectivity index (χ0n) is 16.8. The maximum absolute atomic E-state index is 10.7. The van der Waals surface area contributed by atoms with Gasteiger partial charge in [0.2, 0.25) is 0 Å². The third kappa shape index (κ3) is 4.10. The topological polar surface area (TPSA) is 45.2 Å². The number of fused-ring (bicyclic) bond motifs is 1. The molecule has 3 aliphatic rings. The summed E-state index contributed by atoms with van der Waals surface area (Å²) >= 11 is 0. The van der Waals surface area contributed by atoms with Gasteiger partial charge in [-0.25, -0.2) is 0 Å². The summed E-state index contributed by atoms with van der Waals surface area (Å²) in [7, 11) is 1.69. The Morgan fingerprint density at radius 2 is 1.81 bits per heavy atom. The Morgan fingerprint density at radius 3 is 2.52 bits per heavy atom. The molecule has 0 unspecified atom stereocenters. The van der Waals surface area contributed by atoms with Crippen LogP contribution < -0.4 is 9.47 Å². The number of hydrogen-bond donors (Lipinski definition) is 1. The van der Waals surface area contributed by atoms with Crippen LogP contribution in [-0.4, -0.2) is 66.9 Å². The summed E-state index contributed by atoms with van der Waals surface area (Å²) in [6, 6.07) is 6.66. The molecule has 0 radical (unpaired) electrons. The Kier molecular flexibility index (Phi) is 5.90. The molecule has 1 N–H and O–H groups in total. The lowest BCUT2D eigenvalue weighted by atomic mass is 9.77. The van der Waals surface area contributed by atoms with E-state index < -0.39 is 0 Å². The summed E-state index contributed by atoms with van der Waals surface area (Å²) in [4.78, 5) is 5.10. The maximum Gasteiger partial charge on any atom is 0.161 e. The quantitative estimate of drug-likeness (QED) is 0.830. The molecule has 27 heavy (non-hydrogen) atoms. The van der Waals surface area contributed by atoms with Crippen LogP contribution in [0, 0.1) is 11.8 Å². The first-order chi connectivity index (χ1) is 13.2. The van der Waals surface area contributed by atoms with Crippen LogP contribution in [0.25, 0.3) is 0 Å². The second-order valence-corrected chi connectivity index (χ2v) is 8.48. The Bertz CT molecular complexity index is 632. The first-order valence-electron chi connectivity index (χ1n) is 10.6. The van der Waals surface area contributed by atoms with Gasteiger partial charge in [-0.1, -0.05) is 6.07 Å². The van der Waals surface area contributed by atoms with Gasteiger partial charge in [-0.05, 0) is 75.2 Å². The van der Waals surface area contributed by atoms with Gasteiger partial charge in [0, 0.05) is 25.7 Å². The minimum atomic E-state index is -0.144. The molecule has 3 fully saturated rings. The smallest absolute Gasteiger partial charge is 0.161 e. The van der Waals surface area contributed by atoms with E-state index in [1.54, 1.807) is 7.11 Å². The van der Waals surface area contributed by atoms with Crippen molar-refractivity contribution >= 4 is 0 Å². The summed E-state index contributed by atoms with van der Waals surface area (Å²) in [6.07, 6.45) is 4.58. The molecule has 1 saturated carbocycles. The predicted octanol–water partition coefficient (Wildman–Crippen LogP) is 2.76. The van der Waals surface area contributed by atoms with Crippen molar-refractivity contribution in [3.05, 3.63) is 23.8 Å². The Hall–Kier alpha value is -1.30. The van der Waals surface area contributed by atoms with Crippen molar-refractivity contribution in [2.75, 3.05) is 39.9 Å². The molecule has 1 aliphatic carbocycles. The maximum atomic E-state index is 10.7. The molecular formula is C22H34N2O3. The second-order valence-electron chi connectivity index (χ2n) is 8.48. The van der Waals surface area contributed by atoms with E-state index in [9.17, 15) is 5.11 Å². The van der Waals surface area contributed by atoms with Crippen molar-refractivity contribution in [1.29, 1.82) is 0 Å². The average Bonchev–Trinajstić information content (AvgIpc) is 3.31. The number of ether oxygens (including phenoxy) is 2. The van der Waals surface area contributed by atoms with Crippen LogP contribution >= 0.6 is 0 Å². The minimum Gasteiger partial charge on any atom is -0.493 e. The van der Waals surface area contributed by atoms with Crippen molar-refractivity contribution in [3.63, 3.8) is 0 Å². The molecule has 0 bridgehead atoms. The van der Waals surface area contributed by atoms with Crippen molar-refractivity contribution in [3.8, 4) is 11.5 Å². The zero-order chi connectivity index (χ0) is 18.8. The fourth-order valence-electron chi connectivity index (χ4n) is 5.45. The molecule has 5 heteroatoms. The lowest BCUT2D eigenvalue weighted by molar-refractivity contribution is -0.000861. The van der Waals surface area contributed by atoms with Crippen LogP contribution in [0.1, 0.15) is 38.2 Å². The van der Waals surface area contributed by atoms with E-state index in [0.29, 0.717) is 18.6 Å². The summed E-state index contributed by atoms with van der Waals surface area (Å²) in [5, 5.41) is 10.7. The molecule has 2 aliphatic heterocycles. The highest BCUT2D eigenvalue weighted by Crippen LogP contribution is 2.40. The molecule has 1 aromatic rings. The van der Waals surface area contributed by atoms with Crippen LogP contribution in [0.2, 0.25) is 0 Å². The lowest BCUT2D eigenvalue weighted by Gasteiger charge is -2.40. The van der Waals surface area contributed by atoms with Gasteiger partial charge in [-0.2, -0.15) is 0 Å². The van der Waals surface area contributed by atoms with Gasteiger partial charge in [0.05, 0.1) is 19.8 Å². The van der Waals surface area contributed by atoms with E-state index in [1.807, 2.05) is 13.0 Å². The number of hydrogen-bond acceptors (Lipinski definition) is 5. The molecule has 0 aromatic heterocycles. The van der Waals surface area contributed by atoms with E-state index >= 15 is 0 Å². The number of methoxy groups -OCH3 is 1. The molecule has 0 spiro atoms. The lowest BCUT2D eigenvalue weighted by Crippen LogP contribution is -2.48. The molecule has 0 amide bonds. The highest BCUT2D eigenvalue weighted by Gasteiger charge is 2.43. The Morgan fingerprint density at radius 1 is 1.07 bits per heavy atom. The van der Waals surface area contributed by atoms with Gasteiger partial charge in [-0.3, -0.25) is 9.80 Å². The number of rotatable bonds is 6. The monoisotopic (exact) mass is 374 g/mol. The highest BCUT2D eigenvalue weighted by molar-refractivity contribution is 5.43. The van der Waals surface area contributed by atoms with Gasteiger partial charge >= 0.3 is 0 Å². The van der Waals surface area contributed by atoms with Gasteiger partial charge in [0.15, 0.2) is 11.5 Å². The summed E-state index contributed by atoms with van der Waals surface area (Å²) < 4.78 is 11.1. The van der Waals surface area contributed by atoms with Gasteiger partial charge in [0.25, 0.3) is 0 Å². The SMILES string of the molecule is CCOc1cc(CN2C[C@H]3C[C@@H](N4CCCC4)[C@H](O)C[C@H]3C2)ccc1OC. The average molecular weight is 375 g/mol. The number of aliphatic hydroxyl groups excluding tert-OH is 1. The molecule has 2 saturated heterocycles. The second kappa shape index (κ2) is 8.38. The van der Waals surface area contributed by atoms with Crippen LogP contribution in [0.15, 0.2) is 18.2 Å². The fraction of sp³-hybridized carbons (Fsp3) is 0.727. The van der Waals surface area contributed by atoms with Crippen LogP contribution in [0.4, 0.5) is 0 Å². The van der Waals surface area contributed by atoms with Crippen LogP contribution in [-0.2, 0) is 6.54 Å². The van der Waals surface area contributed by atoms with E-state index in [-0.39, 0.29) is 6.10 Å². The largest absolute Gasteiger partial charge is 0.493 e. The minimum absolute atomic E-state index is 0.144. The number of aliphatic hydroxyl groups is 1. The van der Waals surface area contributed by atoms with Crippen molar-refractivity contribution in [1.82, 2.24) is 9.80 Å². The number of nitrogens with zero attached hydrogens (tertiary/aromatic N) is 2. The number of benzene rings is 1. The highest BCUT2D eigenvalue weighted by atomic mass is 16.5. The third-order valence-electron chi connectivity index (χ3n) is 6.73. The summed E-state index contributed by atoms with van der Waals surface area (Å²) in [5.74, 6) is 3.00. The van der Waals surface area contributed by atoms with E-state index in [1.165, 1.54) is 31.5 Å². The van der Waals surface area contributed by atoms with E-state index in [4.69, 9.17) is 9.47 Å². The molecule has 5 nitrogen and oxygen atoms in total. The van der Waals surface area contributed by atoms with Crippen molar-refractivity contribution < 1.29 is 14.6 Å². The van der Waals surface area contributed by atoms with Gasteiger partial charge in [0.1, 0.15) is 0 Å². The zero-order valence-corrected chi connectivity index (χ0v) is 16.8. The normalized spacial score (nSPS) is 31.8. The molecule has 2 heterocycles. The Labute approximate surface area is 163 Å². The first-order valence-corrected chi connectivity index (χ1v) is 10.6. The third-order valence-corrected chi connectivity index (χ3v) is 6.73. The van der Waals surface area contributed by atoms with Crippen LogP contribution in [0.3, 0.4) is 0 Å². The Balaban J connectivity index is 1.39. The van der Waals surface area contributed by atoms with E-state index in [2.05, 4.69) is 21.9 Å². The van der Waals surface area contributed by atoms with Crippen molar-refractivity contribution in [2.45, 2.75) is 51.3 Å². The van der Waals surface area contributed by atoms with E-state index in [0.717, 1.165) is 49.9 Å². The predicted molar refractivity (Wildman–Crippen MR) is 106 cm³/mol. The number of likely N-dealkylation sites (tertiary alicyclic amines) is 2. The summed E-state index contributed by atoms with van der Waals surface area (Å²) in [6.45, 7) is 8.19. The molecule has 150 valence electrons. The molecular weight excluding hydrogens is 340 g/mol. The van der Waals surface area contributed by atoms with Crippen LogP contribution in [0.5, 0.6) is 11.5 Å². The first kappa shape index (κ1) is 19.0. The molecule has 1 aromatic carbocycles. The summed E-state index contributed by atoms with van der Waals surface area (Å²) in [5.41, 5.74) is 1.27. The fourth-order valence-corrected chi connectivity index (χ4v) is 5.45. The van der Waals surface area contributed by atoms with Gasteiger partial charge < -0.3 is 14.6 Å². The standard InChI is InChI=1S/C22H34N2O3/c1-3-27-22-10-16(6-7-21(22)26-2)13-23-14-17-11-19(24-8-4-5-9-24)20(25)12-18(17)15-23/h6-7,10,17-20,25H,3-5,8-9,11-15H2,1-2H3/t17-,18+,19-,20-/m1/s1. The van der Waals surface area contributed by atoms with Crippen molar-refractivity contribution in [2.24, 2.45) is 11.8 Å². The molecule has 4 rings (SSSR count). The molecule has 4 atom stereocenters. The van der Waals surface area contributed by atoms with Gasteiger partial charge in [-0.15, -0.1) is 0 Å².